The average molecular weight is 359 g/mol. The van der Waals surface area contributed by atoms with Crippen LogP contribution in [0.5, 0.6) is 0 Å². The quantitative estimate of drug-likeness (QED) is 0.555. The summed E-state index contributed by atoms with van der Waals surface area (Å²) in [6.07, 6.45) is 5.11. The van der Waals surface area contributed by atoms with Crippen LogP contribution in [-0.2, 0) is 0 Å². The van der Waals surface area contributed by atoms with Gasteiger partial charge in [0.2, 0.25) is 0 Å². The number of nitrogens with zero attached hydrogens (tertiary/aromatic N) is 2. The van der Waals surface area contributed by atoms with E-state index in [0.29, 0.717) is 5.41 Å². The second-order valence-corrected chi connectivity index (χ2v) is 8.82. The first-order valence-electron chi connectivity index (χ1n) is 10.4. The van der Waals surface area contributed by atoms with Crippen LogP contribution in [0.2, 0.25) is 0 Å². The molecule has 0 bridgehead atoms. The molecule has 1 aliphatic heterocycles. The number of unbranched alkanes of at least 4 members (excludes halogenated alkanes) is 1. The highest BCUT2D eigenvalue weighted by Crippen LogP contribution is 2.25. The van der Waals surface area contributed by atoms with Gasteiger partial charge in [-0.2, -0.15) is 5.26 Å². The van der Waals surface area contributed by atoms with Crippen molar-refractivity contribution >= 4 is 5.69 Å². The number of para-hydroxylation sites is 1. The van der Waals surface area contributed by atoms with E-state index >= 15 is 0 Å². The number of piperidine rings is 1. The van der Waals surface area contributed by atoms with E-state index in [1.807, 2.05) is 18.2 Å². The second-order valence-electron chi connectivity index (χ2n) is 8.82. The Kier molecular flexibility index (Phi) is 12.1. The molecule has 0 aliphatic carbocycles. The number of nitriles is 1. The average Bonchev–Trinajstić information content (AvgIpc) is 2.62. The first-order chi connectivity index (χ1) is 12.2. The standard InChI is InChI=1S/C13H16N2.C7H16.C4H10/c1-11-6-8-15(9-7-11)13-5-3-2-4-12(13)10-14;1-6(2)7(3,4)5;1-3-4-2/h2-5,11H,6-9H2,1H3;6H,1-5H3;3-4H2,1-2H3. The van der Waals surface area contributed by atoms with Crippen molar-refractivity contribution in [1.29, 1.82) is 5.26 Å². The Morgan fingerprint density at radius 2 is 1.54 bits per heavy atom. The van der Waals surface area contributed by atoms with E-state index in [4.69, 9.17) is 5.26 Å². The van der Waals surface area contributed by atoms with Crippen LogP contribution in [0.15, 0.2) is 24.3 Å². The largest absolute Gasteiger partial charge is 0.370 e. The van der Waals surface area contributed by atoms with Gasteiger partial charge in [-0.1, -0.05) is 80.4 Å². The summed E-state index contributed by atoms with van der Waals surface area (Å²) in [5, 5.41) is 9.02. The van der Waals surface area contributed by atoms with Crippen LogP contribution in [0.4, 0.5) is 5.69 Å². The van der Waals surface area contributed by atoms with E-state index in [2.05, 4.69) is 72.4 Å². The highest BCUT2D eigenvalue weighted by molar-refractivity contribution is 5.59. The molecule has 0 aromatic heterocycles. The molecule has 148 valence electrons. The molecule has 0 atom stereocenters. The minimum absolute atomic E-state index is 0.500. The van der Waals surface area contributed by atoms with Crippen molar-refractivity contribution in [1.82, 2.24) is 0 Å². The van der Waals surface area contributed by atoms with Gasteiger partial charge in [0.1, 0.15) is 6.07 Å². The van der Waals surface area contributed by atoms with Gasteiger partial charge in [0.15, 0.2) is 0 Å². The zero-order chi connectivity index (χ0) is 20.2. The fourth-order valence-electron chi connectivity index (χ4n) is 2.09. The first kappa shape index (κ1) is 24.5. The predicted molar refractivity (Wildman–Crippen MR) is 117 cm³/mol. The summed E-state index contributed by atoms with van der Waals surface area (Å²) in [6.45, 7) is 20.1. The second kappa shape index (κ2) is 12.8. The summed E-state index contributed by atoms with van der Waals surface area (Å²) in [4.78, 5) is 2.33. The molecule has 2 nitrogen and oxygen atoms in total. The van der Waals surface area contributed by atoms with Gasteiger partial charge in [-0.3, -0.25) is 0 Å². The van der Waals surface area contributed by atoms with E-state index < -0.39 is 0 Å². The van der Waals surface area contributed by atoms with E-state index in [-0.39, 0.29) is 0 Å². The zero-order valence-corrected chi connectivity index (χ0v) is 18.6. The highest BCUT2D eigenvalue weighted by atomic mass is 15.1. The molecule has 1 heterocycles. The van der Waals surface area contributed by atoms with Crippen LogP contribution in [0, 0.1) is 28.6 Å². The lowest BCUT2D eigenvalue weighted by Crippen LogP contribution is -2.33. The molecule has 0 amide bonds. The maximum absolute atomic E-state index is 9.02. The minimum Gasteiger partial charge on any atom is -0.370 e. The van der Waals surface area contributed by atoms with Gasteiger partial charge in [0, 0.05) is 13.1 Å². The summed E-state index contributed by atoms with van der Waals surface area (Å²) in [5.41, 5.74) is 2.40. The third-order valence-electron chi connectivity index (χ3n) is 5.38. The van der Waals surface area contributed by atoms with Gasteiger partial charge in [0.25, 0.3) is 0 Å². The molecular formula is C24H42N2. The molecular weight excluding hydrogens is 316 g/mol. The van der Waals surface area contributed by atoms with E-state index in [1.54, 1.807) is 0 Å². The van der Waals surface area contributed by atoms with Gasteiger partial charge in [-0.05, 0) is 42.2 Å². The third kappa shape index (κ3) is 9.85. The lowest BCUT2D eigenvalue weighted by atomic mass is 9.84. The van der Waals surface area contributed by atoms with Crippen molar-refractivity contribution in [3.05, 3.63) is 29.8 Å². The molecule has 2 rings (SSSR count). The lowest BCUT2D eigenvalue weighted by molar-refractivity contribution is 0.283. The number of anilines is 1. The number of hydrogen-bond acceptors (Lipinski definition) is 2. The molecule has 1 fully saturated rings. The Bertz CT molecular complexity index is 510. The highest BCUT2D eigenvalue weighted by Gasteiger charge is 2.17. The number of hydrogen-bond donors (Lipinski definition) is 0. The zero-order valence-electron chi connectivity index (χ0n) is 18.6. The van der Waals surface area contributed by atoms with Crippen molar-refractivity contribution in [2.75, 3.05) is 18.0 Å². The van der Waals surface area contributed by atoms with Crippen molar-refractivity contribution in [3.8, 4) is 6.07 Å². The first-order valence-corrected chi connectivity index (χ1v) is 10.4. The molecule has 0 spiro atoms. The van der Waals surface area contributed by atoms with Gasteiger partial charge in [-0.15, -0.1) is 0 Å². The molecule has 0 radical (unpaired) electrons. The molecule has 1 saturated heterocycles. The van der Waals surface area contributed by atoms with Crippen molar-refractivity contribution < 1.29 is 0 Å². The van der Waals surface area contributed by atoms with E-state index in [0.717, 1.165) is 36.2 Å². The molecule has 1 aromatic rings. The van der Waals surface area contributed by atoms with Crippen LogP contribution >= 0.6 is 0 Å². The Balaban J connectivity index is 0.000000477. The van der Waals surface area contributed by atoms with Gasteiger partial charge < -0.3 is 4.90 Å². The van der Waals surface area contributed by atoms with E-state index in [1.165, 1.54) is 25.7 Å². The summed E-state index contributed by atoms with van der Waals surface area (Å²) >= 11 is 0. The minimum atomic E-state index is 0.500. The maximum atomic E-state index is 9.02. The lowest BCUT2D eigenvalue weighted by Gasteiger charge is -2.32. The van der Waals surface area contributed by atoms with Gasteiger partial charge in [0.05, 0.1) is 11.3 Å². The Labute approximate surface area is 163 Å². The SMILES string of the molecule is CC(C)C(C)(C)C.CC1CCN(c2ccccc2C#N)CC1.CCCC. The summed E-state index contributed by atoms with van der Waals surface area (Å²) in [5.74, 6) is 1.63. The molecule has 0 unspecified atom stereocenters. The van der Waals surface area contributed by atoms with Crippen molar-refractivity contribution in [3.63, 3.8) is 0 Å². The number of rotatable bonds is 2. The number of benzene rings is 1. The Morgan fingerprint density at radius 1 is 1.08 bits per heavy atom. The van der Waals surface area contributed by atoms with Crippen LogP contribution in [-0.4, -0.2) is 13.1 Å². The summed E-state index contributed by atoms with van der Waals surface area (Å²) in [6, 6.07) is 10.1. The molecule has 2 heteroatoms. The molecule has 26 heavy (non-hydrogen) atoms. The van der Waals surface area contributed by atoms with Crippen LogP contribution < -0.4 is 4.90 Å². The monoisotopic (exact) mass is 358 g/mol. The third-order valence-corrected chi connectivity index (χ3v) is 5.38. The van der Waals surface area contributed by atoms with Crippen LogP contribution in [0.25, 0.3) is 0 Å². The summed E-state index contributed by atoms with van der Waals surface area (Å²) in [7, 11) is 0. The van der Waals surface area contributed by atoms with Crippen molar-refractivity contribution in [2.45, 2.75) is 81.1 Å². The fourth-order valence-corrected chi connectivity index (χ4v) is 2.09. The van der Waals surface area contributed by atoms with Gasteiger partial charge in [-0.25, -0.2) is 0 Å². The predicted octanol–water partition coefficient (Wildman–Crippen LogP) is 7.29. The molecule has 1 aliphatic rings. The molecule has 1 aromatic carbocycles. The Hall–Kier alpha value is -1.49. The smallest absolute Gasteiger partial charge is 0.101 e. The van der Waals surface area contributed by atoms with E-state index in [9.17, 15) is 0 Å². The van der Waals surface area contributed by atoms with Crippen LogP contribution in [0.1, 0.15) is 86.6 Å². The molecule has 0 saturated carbocycles. The van der Waals surface area contributed by atoms with Crippen molar-refractivity contribution in [2.24, 2.45) is 17.3 Å². The summed E-state index contributed by atoms with van der Waals surface area (Å²) < 4.78 is 0. The molecule has 0 N–H and O–H groups in total. The topological polar surface area (TPSA) is 27.0 Å². The fraction of sp³-hybridized carbons (Fsp3) is 0.708. The Morgan fingerprint density at radius 3 is 1.92 bits per heavy atom. The normalized spacial score (nSPS) is 14.7. The maximum Gasteiger partial charge on any atom is 0.101 e. The van der Waals surface area contributed by atoms with Crippen LogP contribution in [0.3, 0.4) is 0 Å². The van der Waals surface area contributed by atoms with Gasteiger partial charge >= 0.3 is 0 Å².